The third-order valence-electron chi connectivity index (χ3n) is 2.20. The summed E-state index contributed by atoms with van der Waals surface area (Å²) in [6.07, 6.45) is -0.533. The van der Waals surface area contributed by atoms with Crippen LogP contribution in [0.1, 0.15) is 5.56 Å². The number of amides is 1. The lowest BCUT2D eigenvalue weighted by atomic mass is 10.2. The Morgan fingerprint density at radius 2 is 2.40 bits per heavy atom. The number of anilines is 1. The first-order valence-corrected chi connectivity index (χ1v) is 4.34. The number of fused-ring (bicyclic) bond motifs is 1. The number of hydrogen-bond acceptors (Lipinski definition) is 4. The van der Waals surface area contributed by atoms with E-state index in [2.05, 4.69) is 11.8 Å². The van der Waals surface area contributed by atoms with E-state index in [0.717, 1.165) is 5.56 Å². The van der Waals surface area contributed by atoms with E-state index in [4.69, 9.17) is 9.78 Å². The van der Waals surface area contributed by atoms with E-state index in [1.54, 1.807) is 19.2 Å². The summed E-state index contributed by atoms with van der Waals surface area (Å²) in [7, 11) is 4.65. The van der Waals surface area contributed by atoms with E-state index in [1.807, 2.05) is 6.07 Å². The van der Waals surface area contributed by atoms with Crippen molar-refractivity contribution in [1.82, 2.24) is 0 Å². The highest BCUT2D eigenvalue weighted by Crippen LogP contribution is 2.30. The maximum atomic E-state index is 11.2. The maximum absolute atomic E-state index is 11.2. The molecule has 1 aromatic rings. The fraction of sp³-hybridized carbons (Fsp3) is 0.200. The van der Waals surface area contributed by atoms with Gasteiger partial charge in [0.05, 0.1) is 5.69 Å². The number of hydrogen-bond donors (Lipinski definition) is 0. The van der Waals surface area contributed by atoms with Crippen LogP contribution in [0.25, 0.3) is 0 Å². The van der Waals surface area contributed by atoms with Crippen LogP contribution >= 0.6 is 0 Å². The van der Waals surface area contributed by atoms with Crippen molar-refractivity contribution in [3.05, 3.63) is 30.9 Å². The molecule has 0 saturated heterocycles. The maximum Gasteiger partial charge on any atom is 0.414 e. The Labute approximate surface area is 87.1 Å². The molecular weight excluding hydrogens is 198 g/mol. The second-order valence-electron chi connectivity index (χ2n) is 3.11. The summed E-state index contributed by atoms with van der Waals surface area (Å²) < 4.78 is 4.35. The highest BCUT2D eigenvalue weighted by Gasteiger charge is 2.17. The Hall–Kier alpha value is -1.75. The van der Waals surface area contributed by atoms with Gasteiger partial charge in [0.2, 0.25) is 0 Å². The summed E-state index contributed by atoms with van der Waals surface area (Å²) in [5, 5.41) is 0. The van der Waals surface area contributed by atoms with Crippen LogP contribution in [0.15, 0.2) is 18.2 Å². The molecule has 5 nitrogen and oxygen atoms in total. The molecule has 15 heavy (non-hydrogen) atoms. The molecule has 0 saturated carbocycles. The molecule has 0 aliphatic carbocycles. The molecule has 1 radical (unpaired) electrons. The van der Waals surface area contributed by atoms with Crippen molar-refractivity contribution in [2.24, 2.45) is 0 Å². The molecule has 1 amide bonds. The minimum Gasteiger partial charge on any atom is -0.446 e. The van der Waals surface area contributed by atoms with Gasteiger partial charge in [-0.3, -0.25) is 4.90 Å². The van der Waals surface area contributed by atoms with Crippen LogP contribution in [-0.2, 0) is 16.2 Å². The summed E-state index contributed by atoms with van der Waals surface area (Å²) in [5.74, 6) is 0.621. The van der Waals surface area contributed by atoms with E-state index in [9.17, 15) is 4.79 Å². The van der Waals surface area contributed by atoms with Gasteiger partial charge in [-0.15, -0.1) is 0 Å². The van der Waals surface area contributed by atoms with Crippen LogP contribution in [0.4, 0.5) is 10.5 Å². The molecule has 0 atom stereocenters. The minimum atomic E-state index is -0.533. The monoisotopic (exact) mass is 208 g/mol. The number of nitrogens with zero attached hydrogens (tertiary/aromatic N) is 1. The van der Waals surface area contributed by atoms with Gasteiger partial charge in [-0.2, -0.15) is 4.89 Å². The molecule has 0 aromatic heterocycles. The van der Waals surface area contributed by atoms with E-state index in [0.29, 0.717) is 18.0 Å². The lowest BCUT2D eigenvalue weighted by Crippen LogP contribution is -2.25. The number of benzene rings is 1. The molecule has 0 N–H and O–H groups in total. The van der Waals surface area contributed by atoms with Gasteiger partial charge in [0, 0.05) is 18.7 Å². The Morgan fingerprint density at radius 3 is 3.13 bits per heavy atom. The average Bonchev–Trinajstić information content (AvgIpc) is 2.73. The summed E-state index contributed by atoms with van der Waals surface area (Å²) in [6.45, 7) is 0.430. The van der Waals surface area contributed by atoms with Crippen LogP contribution in [0, 0.1) is 7.11 Å². The van der Waals surface area contributed by atoms with Gasteiger partial charge in [-0.1, -0.05) is 6.07 Å². The van der Waals surface area contributed by atoms with Crippen LogP contribution in [0.2, 0.25) is 0 Å². The third-order valence-corrected chi connectivity index (χ3v) is 2.20. The largest absolute Gasteiger partial charge is 0.446 e. The van der Waals surface area contributed by atoms with E-state index < -0.39 is 6.09 Å². The zero-order chi connectivity index (χ0) is 10.8. The second-order valence-corrected chi connectivity index (χ2v) is 3.11. The smallest absolute Gasteiger partial charge is 0.414 e. The lowest BCUT2D eigenvalue weighted by molar-refractivity contribution is -0.194. The van der Waals surface area contributed by atoms with Gasteiger partial charge in [0.1, 0.15) is 13.7 Å². The molecule has 1 heterocycles. The Kier molecular flexibility index (Phi) is 2.47. The molecule has 0 bridgehead atoms. The highest BCUT2D eigenvalue weighted by atomic mass is 17.2. The summed E-state index contributed by atoms with van der Waals surface area (Å²) >= 11 is 0. The normalized spacial score (nSPS) is 12.9. The van der Waals surface area contributed by atoms with Crippen molar-refractivity contribution in [2.75, 3.05) is 11.9 Å². The molecule has 79 valence electrons. The van der Waals surface area contributed by atoms with Crippen molar-refractivity contribution in [1.29, 1.82) is 0 Å². The molecular formula is C10H10NO4. The second kappa shape index (κ2) is 3.78. The fourth-order valence-electron chi connectivity index (χ4n) is 1.31. The van der Waals surface area contributed by atoms with Crippen LogP contribution in [0.3, 0.4) is 0 Å². The minimum absolute atomic E-state index is 0.430. The Bertz CT molecular complexity index is 391. The standard InChI is InChI=1S/C10H10NO4/c1-11(10(12)13-2)8-4-3-7-6-14-15-9(7)5-8/h3-5H,2,6H2,1H3. The number of rotatable bonds is 1. The first kappa shape index (κ1) is 9.79. The van der Waals surface area contributed by atoms with Crippen LogP contribution in [-0.4, -0.2) is 13.1 Å². The van der Waals surface area contributed by atoms with Gasteiger partial charge >= 0.3 is 6.09 Å². The van der Waals surface area contributed by atoms with Crippen molar-refractivity contribution in [3.63, 3.8) is 0 Å². The van der Waals surface area contributed by atoms with Crippen LogP contribution < -0.4 is 9.79 Å². The predicted molar refractivity (Wildman–Crippen MR) is 52.1 cm³/mol. The third kappa shape index (κ3) is 1.73. The average molecular weight is 208 g/mol. The topological polar surface area (TPSA) is 48.0 Å². The van der Waals surface area contributed by atoms with Gasteiger partial charge in [-0.05, 0) is 6.07 Å². The van der Waals surface area contributed by atoms with E-state index >= 15 is 0 Å². The highest BCUT2D eigenvalue weighted by molar-refractivity contribution is 5.87. The molecule has 0 spiro atoms. The zero-order valence-electron chi connectivity index (χ0n) is 8.23. The molecule has 1 aliphatic heterocycles. The SMILES string of the molecule is [CH2]OC(=O)N(C)c1ccc2c(c1)OOC2. The molecule has 0 unspecified atom stereocenters. The quantitative estimate of drug-likeness (QED) is 0.661. The fourth-order valence-corrected chi connectivity index (χ4v) is 1.31. The predicted octanol–water partition coefficient (Wildman–Crippen LogP) is 1.87. The molecule has 0 fully saturated rings. The van der Waals surface area contributed by atoms with Crippen molar-refractivity contribution in [3.8, 4) is 5.75 Å². The Morgan fingerprint density at radius 1 is 1.60 bits per heavy atom. The van der Waals surface area contributed by atoms with Gasteiger partial charge in [0.25, 0.3) is 0 Å². The van der Waals surface area contributed by atoms with Crippen molar-refractivity contribution in [2.45, 2.75) is 6.61 Å². The lowest BCUT2D eigenvalue weighted by Gasteiger charge is -2.15. The molecule has 1 aromatic carbocycles. The van der Waals surface area contributed by atoms with Gasteiger partial charge < -0.3 is 9.62 Å². The van der Waals surface area contributed by atoms with Crippen LogP contribution in [0.5, 0.6) is 5.75 Å². The van der Waals surface area contributed by atoms with Crippen molar-refractivity contribution >= 4 is 11.8 Å². The summed E-state index contributed by atoms with van der Waals surface area (Å²) in [5.41, 5.74) is 1.61. The summed E-state index contributed by atoms with van der Waals surface area (Å²) in [6, 6.07) is 5.33. The van der Waals surface area contributed by atoms with Gasteiger partial charge in [-0.25, -0.2) is 4.79 Å². The molecule has 5 heteroatoms. The number of carbonyl (C=O) groups is 1. The molecule has 1 aliphatic rings. The van der Waals surface area contributed by atoms with Gasteiger partial charge in [0.15, 0.2) is 5.75 Å². The summed E-state index contributed by atoms with van der Waals surface area (Å²) in [4.78, 5) is 22.2. The Balaban J connectivity index is 2.26. The van der Waals surface area contributed by atoms with Crippen molar-refractivity contribution < 1.29 is 19.3 Å². The van der Waals surface area contributed by atoms with E-state index in [-0.39, 0.29) is 0 Å². The first-order valence-electron chi connectivity index (χ1n) is 4.34. The number of ether oxygens (including phenoxy) is 1. The molecule has 2 rings (SSSR count). The van der Waals surface area contributed by atoms with E-state index in [1.165, 1.54) is 4.90 Å². The number of carbonyl (C=O) groups excluding carboxylic acids is 1. The first-order chi connectivity index (χ1) is 7.22. The zero-order valence-corrected chi connectivity index (χ0v) is 8.23.